The van der Waals surface area contributed by atoms with E-state index in [1.807, 2.05) is 27.7 Å². The van der Waals surface area contributed by atoms with Crippen molar-refractivity contribution in [3.8, 4) is 0 Å². The average Bonchev–Trinajstić information content (AvgIpc) is 1.96. The van der Waals surface area contributed by atoms with Crippen LogP contribution in [0.1, 0.15) is 27.7 Å². The lowest BCUT2D eigenvalue weighted by atomic mass is 10.2. The highest BCUT2D eigenvalue weighted by atomic mass is 35.6. The largest absolute Gasteiger partial charge is 0.387 e. The van der Waals surface area contributed by atoms with Gasteiger partial charge in [-0.25, -0.2) is 0 Å². The maximum Gasteiger partial charge on any atom is 0.217 e. The highest BCUT2D eigenvalue weighted by Gasteiger charge is 2.33. The minimum Gasteiger partial charge on any atom is -0.387 e. The molecule has 14 heavy (non-hydrogen) atoms. The number of rotatable bonds is 4. The summed E-state index contributed by atoms with van der Waals surface area (Å²) in [4.78, 5) is 2.08. The molecule has 0 saturated carbocycles. The lowest BCUT2D eigenvalue weighted by molar-refractivity contribution is 0.0779. The first-order valence-electron chi connectivity index (χ1n) is 4.66. The molecule has 0 aromatic heterocycles. The Morgan fingerprint density at radius 3 is 1.64 bits per heavy atom. The van der Waals surface area contributed by atoms with Crippen LogP contribution in [0.3, 0.4) is 0 Å². The van der Waals surface area contributed by atoms with E-state index in [1.165, 1.54) is 0 Å². The Bertz CT molecular complexity index is 160. The van der Waals surface area contributed by atoms with Gasteiger partial charge >= 0.3 is 0 Å². The van der Waals surface area contributed by atoms with Gasteiger partial charge in [0, 0.05) is 18.6 Å². The summed E-state index contributed by atoms with van der Waals surface area (Å²) in [6.07, 6.45) is -0.961. The van der Waals surface area contributed by atoms with Gasteiger partial charge in [-0.05, 0) is 27.7 Å². The first-order chi connectivity index (χ1) is 6.16. The van der Waals surface area contributed by atoms with Gasteiger partial charge < -0.3 is 5.11 Å². The Kier molecular flexibility index (Phi) is 6.08. The van der Waals surface area contributed by atoms with Gasteiger partial charge in [0.2, 0.25) is 3.79 Å². The van der Waals surface area contributed by atoms with E-state index in [1.54, 1.807) is 0 Å². The summed E-state index contributed by atoms with van der Waals surface area (Å²) in [7, 11) is 0. The second-order valence-electron chi connectivity index (χ2n) is 3.94. The molecule has 0 aromatic carbocycles. The zero-order valence-corrected chi connectivity index (χ0v) is 11.2. The van der Waals surface area contributed by atoms with E-state index in [2.05, 4.69) is 4.90 Å². The SMILES string of the molecule is CC(C)N(CC(O)C(Cl)(Cl)Cl)C(C)C. The van der Waals surface area contributed by atoms with Crippen molar-refractivity contribution in [2.75, 3.05) is 6.54 Å². The molecule has 0 amide bonds. The minimum absolute atomic E-state index is 0.317. The smallest absolute Gasteiger partial charge is 0.217 e. The maximum atomic E-state index is 9.62. The summed E-state index contributed by atoms with van der Waals surface area (Å²) < 4.78 is -1.61. The van der Waals surface area contributed by atoms with Crippen LogP contribution < -0.4 is 0 Å². The molecule has 0 aliphatic carbocycles. The predicted octanol–water partition coefficient (Wildman–Crippen LogP) is 2.84. The molecule has 1 N–H and O–H groups in total. The fraction of sp³-hybridized carbons (Fsp3) is 1.00. The predicted molar refractivity (Wildman–Crippen MR) is 63.3 cm³/mol. The molecule has 0 fully saturated rings. The van der Waals surface area contributed by atoms with Crippen LogP contribution in [-0.2, 0) is 0 Å². The molecule has 0 aromatic rings. The van der Waals surface area contributed by atoms with Crippen molar-refractivity contribution in [2.45, 2.75) is 49.7 Å². The topological polar surface area (TPSA) is 23.5 Å². The number of hydrogen-bond donors (Lipinski definition) is 1. The molecule has 2 nitrogen and oxygen atoms in total. The molecular weight excluding hydrogens is 244 g/mol. The molecule has 0 heterocycles. The molecule has 5 heteroatoms. The van der Waals surface area contributed by atoms with Gasteiger partial charge in [0.25, 0.3) is 0 Å². The molecule has 0 radical (unpaired) electrons. The molecule has 1 unspecified atom stereocenters. The van der Waals surface area contributed by atoms with Crippen molar-refractivity contribution >= 4 is 34.8 Å². The van der Waals surface area contributed by atoms with E-state index < -0.39 is 9.90 Å². The molecule has 0 saturated heterocycles. The summed E-state index contributed by atoms with van der Waals surface area (Å²) in [6.45, 7) is 8.55. The van der Waals surface area contributed by atoms with E-state index >= 15 is 0 Å². The molecule has 0 aliphatic rings. The summed E-state index contributed by atoms with van der Waals surface area (Å²) in [5, 5.41) is 9.62. The van der Waals surface area contributed by atoms with Crippen molar-refractivity contribution < 1.29 is 5.11 Å². The molecule has 0 spiro atoms. The second-order valence-corrected chi connectivity index (χ2v) is 6.31. The van der Waals surface area contributed by atoms with Crippen molar-refractivity contribution in [1.82, 2.24) is 4.90 Å². The van der Waals surface area contributed by atoms with Crippen molar-refractivity contribution in [3.05, 3.63) is 0 Å². The number of aliphatic hydroxyl groups is 1. The van der Waals surface area contributed by atoms with Gasteiger partial charge in [-0.1, -0.05) is 34.8 Å². The fourth-order valence-corrected chi connectivity index (χ4v) is 1.53. The Morgan fingerprint density at radius 1 is 1.07 bits per heavy atom. The number of nitrogens with zero attached hydrogens (tertiary/aromatic N) is 1. The van der Waals surface area contributed by atoms with Crippen molar-refractivity contribution in [3.63, 3.8) is 0 Å². The molecule has 86 valence electrons. The van der Waals surface area contributed by atoms with Crippen LogP contribution in [0.2, 0.25) is 0 Å². The number of aliphatic hydroxyl groups excluding tert-OH is 1. The Labute approximate surface area is 101 Å². The number of alkyl halides is 3. The molecule has 0 bridgehead atoms. The third-order valence-electron chi connectivity index (χ3n) is 2.09. The quantitative estimate of drug-likeness (QED) is 0.788. The lowest BCUT2D eigenvalue weighted by Gasteiger charge is -2.34. The Morgan fingerprint density at radius 2 is 1.43 bits per heavy atom. The first kappa shape index (κ1) is 14.8. The van der Waals surface area contributed by atoms with E-state index in [0.717, 1.165) is 0 Å². The molecule has 0 aliphatic heterocycles. The van der Waals surface area contributed by atoms with Crippen LogP contribution in [0, 0.1) is 0 Å². The van der Waals surface area contributed by atoms with Crippen molar-refractivity contribution in [2.24, 2.45) is 0 Å². The standard InChI is InChI=1S/C9H18Cl3NO/c1-6(2)13(7(3)4)5-8(14)9(10,11)12/h6-8,14H,5H2,1-4H3. The monoisotopic (exact) mass is 261 g/mol. The Balaban J connectivity index is 4.31. The number of hydrogen-bond acceptors (Lipinski definition) is 2. The van der Waals surface area contributed by atoms with Crippen LogP contribution >= 0.6 is 34.8 Å². The fourth-order valence-electron chi connectivity index (χ4n) is 1.32. The molecular formula is C9H18Cl3NO. The van der Waals surface area contributed by atoms with Crippen LogP contribution in [-0.4, -0.2) is 38.5 Å². The minimum atomic E-state index is -1.61. The van der Waals surface area contributed by atoms with E-state index in [4.69, 9.17) is 34.8 Å². The van der Waals surface area contributed by atoms with Crippen molar-refractivity contribution in [1.29, 1.82) is 0 Å². The molecule has 0 rings (SSSR count). The Hall–Kier alpha value is 0.790. The van der Waals surface area contributed by atoms with E-state index in [-0.39, 0.29) is 0 Å². The summed E-state index contributed by atoms with van der Waals surface area (Å²) >= 11 is 16.8. The van der Waals surface area contributed by atoms with Gasteiger partial charge in [-0.3, -0.25) is 4.90 Å². The first-order valence-corrected chi connectivity index (χ1v) is 5.80. The molecule has 1 atom stereocenters. The van der Waals surface area contributed by atoms with E-state index in [9.17, 15) is 5.11 Å². The third-order valence-corrected chi connectivity index (χ3v) is 2.84. The van der Waals surface area contributed by atoms with Gasteiger partial charge in [-0.15, -0.1) is 0 Å². The average molecular weight is 263 g/mol. The second kappa shape index (κ2) is 5.76. The van der Waals surface area contributed by atoms with Gasteiger partial charge in [0.1, 0.15) is 6.10 Å². The van der Waals surface area contributed by atoms with E-state index in [0.29, 0.717) is 18.6 Å². The van der Waals surface area contributed by atoms with Gasteiger partial charge in [0.05, 0.1) is 0 Å². The van der Waals surface area contributed by atoms with Crippen LogP contribution in [0.15, 0.2) is 0 Å². The third kappa shape index (κ3) is 5.04. The highest BCUT2D eigenvalue weighted by molar-refractivity contribution is 6.68. The summed E-state index contributed by atoms with van der Waals surface area (Å²) in [6, 6.07) is 0.633. The van der Waals surface area contributed by atoms with Crippen LogP contribution in [0.4, 0.5) is 0 Å². The van der Waals surface area contributed by atoms with Crippen LogP contribution in [0.25, 0.3) is 0 Å². The van der Waals surface area contributed by atoms with Gasteiger partial charge in [-0.2, -0.15) is 0 Å². The zero-order chi connectivity index (χ0) is 11.5. The summed E-state index contributed by atoms with van der Waals surface area (Å²) in [5.41, 5.74) is 0. The van der Waals surface area contributed by atoms with Gasteiger partial charge in [0.15, 0.2) is 0 Å². The lowest BCUT2D eigenvalue weighted by Crippen LogP contribution is -2.45. The maximum absolute atomic E-state index is 9.62. The normalized spacial score (nSPS) is 15.6. The number of halogens is 3. The highest BCUT2D eigenvalue weighted by Crippen LogP contribution is 2.31. The van der Waals surface area contributed by atoms with Crippen LogP contribution in [0.5, 0.6) is 0 Å². The summed E-state index contributed by atoms with van der Waals surface area (Å²) in [5.74, 6) is 0. The zero-order valence-electron chi connectivity index (χ0n) is 8.97.